The van der Waals surface area contributed by atoms with Crippen LogP contribution in [0.5, 0.6) is 0 Å². The fraction of sp³-hybridized carbons (Fsp3) is 0.379. The SMILES string of the molecule is CCCc1nc(C(F)(F)C(F)(F)F)c(C(=O)NCC(=O)OCCCCON(O)O)n1Cc1ccc(-c2ccccc2-c2nnn[nH]2)cc1. The quantitative estimate of drug-likeness (QED) is 0.0568. The lowest BCUT2D eigenvalue weighted by Gasteiger charge is -2.19. The van der Waals surface area contributed by atoms with Crippen LogP contribution in [-0.2, 0) is 33.3 Å². The highest BCUT2D eigenvalue weighted by Gasteiger charge is 2.62. The minimum atomic E-state index is -6.06. The van der Waals surface area contributed by atoms with Gasteiger partial charge in [-0.1, -0.05) is 55.5 Å². The first kappa shape index (κ1) is 36.0. The minimum Gasteiger partial charge on any atom is -0.464 e. The van der Waals surface area contributed by atoms with Crippen LogP contribution in [0.3, 0.4) is 0 Å². The standard InChI is InChI=1S/C29H31F5N8O6/c1-2-7-22-36-25(28(30,31)29(32,33)34)24(27(44)35-16-23(43)47-14-5-6-15-48-42(45)46)41(22)17-18-10-12-19(13-11-18)20-8-3-4-9-21(20)26-37-39-40-38-26/h3-4,8-13,45-46H,2,5-7,14-17H2,1H3,(H,35,44)(H,37,38,39,40). The van der Waals surface area contributed by atoms with E-state index in [2.05, 4.69) is 35.8 Å². The molecule has 1 amide bonds. The van der Waals surface area contributed by atoms with Crippen LogP contribution in [-0.4, -0.2) is 83.8 Å². The van der Waals surface area contributed by atoms with Crippen LogP contribution in [0.25, 0.3) is 22.5 Å². The summed E-state index contributed by atoms with van der Waals surface area (Å²) >= 11 is 0. The number of unbranched alkanes of at least 4 members (excludes halogenated alkanes) is 1. The Bertz CT molecular complexity index is 1660. The van der Waals surface area contributed by atoms with Crippen molar-refractivity contribution in [3.8, 4) is 22.5 Å². The van der Waals surface area contributed by atoms with Gasteiger partial charge < -0.3 is 14.6 Å². The molecule has 0 fully saturated rings. The third-order valence-corrected chi connectivity index (χ3v) is 6.92. The van der Waals surface area contributed by atoms with Crippen molar-refractivity contribution in [2.45, 2.75) is 51.3 Å². The summed E-state index contributed by atoms with van der Waals surface area (Å²) in [5.41, 5.74) is -0.196. The molecule has 19 heteroatoms. The molecule has 14 nitrogen and oxygen atoms in total. The number of esters is 1. The number of carbonyl (C=O) groups is 2. The number of carbonyl (C=O) groups excluding carboxylic acids is 2. The second kappa shape index (κ2) is 15.8. The Morgan fingerprint density at radius 2 is 1.69 bits per heavy atom. The second-order valence-corrected chi connectivity index (χ2v) is 10.3. The molecule has 258 valence electrons. The van der Waals surface area contributed by atoms with Gasteiger partial charge in [0, 0.05) is 18.5 Å². The maximum absolute atomic E-state index is 14.8. The number of alkyl halides is 5. The van der Waals surface area contributed by atoms with Crippen molar-refractivity contribution in [3.63, 3.8) is 0 Å². The van der Waals surface area contributed by atoms with Crippen molar-refractivity contribution in [1.82, 2.24) is 40.9 Å². The molecule has 0 saturated carbocycles. The number of hydrogen-bond acceptors (Lipinski definition) is 11. The predicted molar refractivity (Wildman–Crippen MR) is 154 cm³/mol. The van der Waals surface area contributed by atoms with Crippen molar-refractivity contribution in [1.29, 1.82) is 0 Å². The van der Waals surface area contributed by atoms with Gasteiger partial charge in [0.1, 0.15) is 18.1 Å². The van der Waals surface area contributed by atoms with Gasteiger partial charge in [0.15, 0.2) is 11.5 Å². The van der Waals surface area contributed by atoms with Crippen LogP contribution in [0.4, 0.5) is 22.0 Å². The molecule has 0 spiro atoms. The van der Waals surface area contributed by atoms with E-state index >= 15 is 0 Å². The normalized spacial score (nSPS) is 12.0. The number of amides is 1. The minimum absolute atomic E-state index is 0.0268. The van der Waals surface area contributed by atoms with Crippen LogP contribution >= 0.6 is 0 Å². The lowest BCUT2D eigenvalue weighted by atomic mass is 9.98. The molecule has 0 aliphatic carbocycles. The molecule has 0 atom stereocenters. The highest BCUT2D eigenvalue weighted by atomic mass is 19.4. The molecule has 0 aliphatic heterocycles. The van der Waals surface area contributed by atoms with Crippen LogP contribution in [0.2, 0.25) is 0 Å². The highest BCUT2D eigenvalue weighted by molar-refractivity contribution is 5.96. The van der Waals surface area contributed by atoms with Gasteiger partial charge in [-0.05, 0) is 46.4 Å². The van der Waals surface area contributed by atoms with Crippen LogP contribution in [0.1, 0.15) is 53.8 Å². The number of halogens is 5. The molecular weight excluding hydrogens is 651 g/mol. The molecule has 2 heterocycles. The highest BCUT2D eigenvalue weighted by Crippen LogP contribution is 2.45. The predicted octanol–water partition coefficient (Wildman–Crippen LogP) is 4.45. The number of tetrazole rings is 1. The van der Waals surface area contributed by atoms with E-state index in [9.17, 15) is 31.5 Å². The van der Waals surface area contributed by atoms with E-state index in [0.717, 1.165) is 15.7 Å². The number of aromatic amines is 1. The Labute approximate surface area is 269 Å². The first-order valence-corrected chi connectivity index (χ1v) is 14.5. The Hall–Kier alpha value is -4.85. The zero-order valence-corrected chi connectivity index (χ0v) is 25.4. The summed E-state index contributed by atoms with van der Waals surface area (Å²) in [6.07, 6.45) is -5.30. The van der Waals surface area contributed by atoms with Crippen LogP contribution in [0.15, 0.2) is 48.5 Å². The molecule has 0 unspecified atom stereocenters. The molecule has 2 aromatic carbocycles. The van der Waals surface area contributed by atoms with Gasteiger partial charge in [-0.3, -0.25) is 24.8 Å². The van der Waals surface area contributed by atoms with E-state index in [0.29, 0.717) is 23.4 Å². The fourth-order valence-electron chi connectivity index (χ4n) is 4.68. The van der Waals surface area contributed by atoms with Crippen molar-refractivity contribution < 1.29 is 51.5 Å². The molecule has 0 saturated heterocycles. The molecule has 4 rings (SSSR count). The van der Waals surface area contributed by atoms with Gasteiger partial charge in [0.2, 0.25) is 0 Å². The van der Waals surface area contributed by atoms with Gasteiger partial charge in [0.05, 0.1) is 18.6 Å². The molecular formula is C29H31F5N8O6. The van der Waals surface area contributed by atoms with Crippen LogP contribution in [0, 0.1) is 0 Å². The summed E-state index contributed by atoms with van der Waals surface area (Å²) in [6.45, 7) is 0.260. The maximum atomic E-state index is 14.8. The van der Waals surface area contributed by atoms with Gasteiger partial charge in [-0.2, -0.15) is 22.0 Å². The van der Waals surface area contributed by atoms with Crippen LogP contribution < -0.4 is 5.32 Å². The van der Waals surface area contributed by atoms with E-state index in [4.69, 9.17) is 15.2 Å². The molecule has 48 heavy (non-hydrogen) atoms. The van der Waals surface area contributed by atoms with Crippen molar-refractivity contribution in [2.75, 3.05) is 19.8 Å². The Morgan fingerprint density at radius 1 is 1.00 bits per heavy atom. The number of rotatable bonds is 16. The monoisotopic (exact) mass is 682 g/mol. The lowest BCUT2D eigenvalue weighted by molar-refractivity contribution is -0.492. The largest absolute Gasteiger partial charge is 0.464 e. The zero-order chi connectivity index (χ0) is 34.9. The number of aromatic nitrogens is 6. The third-order valence-electron chi connectivity index (χ3n) is 6.92. The summed E-state index contributed by atoms with van der Waals surface area (Å²) in [7, 11) is 0. The Morgan fingerprint density at radius 3 is 2.31 bits per heavy atom. The van der Waals surface area contributed by atoms with Crippen molar-refractivity contribution in [3.05, 3.63) is 71.3 Å². The number of hydrogen-bond donors (Lipinski definition) is 4. The number of H-pyrrole nitrogens is 1. The second-order valence-electron chi connectivity index (χ2n) is 10.3. The molecule has 0 radical (unpaired) electrons. The number of imidazole rings is 1. The summed E-state index contributed by atoms with van der Waals surface area (Å²) in [4.78, 5) is 33.4. The summed E-state index contributed by atoms with van der Waals surface area (Å²) in [6, 6.07) is 13.9. The molecule has 2 aromatic heterocycles. The molecule has 4 aromatic rings. The first-order chi connectivity index (χ1) is 22.8. The number of ether oxygens (including phenoxy) is 1. The average molecular weight is 683 g/mol. The molecule has 4 N–H and O–H groups in total. The fourth-order valence-corrected chi connectivity index (χ4v) is 4.68. The maximum Gasteiger partial charge on any atom is 0.459 e. The smallest absolute Gasteiger partial charge is 0.459 e. The average Bonchev–Trinajstić information content (AvgIpc) is 3.71. The van der Waals surface area contributed by atoms with E-state index in [1.54, 1.807) is 49.4 Å². The van der Waals surface area contributed by atoms with Gasteiger partial charge >= 0.3 is 18.1 Å². The Balaban J connectivity index is 1.59. The topological polar surface area (TPSA) is 181 Å². The van der Waals surface area contributed by atoms with Crippen molar-refractivity contribution in [2.24, 2.45) is 0 Å². The number of nitrogens with zero attached hydrogens (tertiary/aromatic N) is 6. The van der Waals surface area contributed by atoms with Gasteiger partial charge in [-0.15, -0.1) is 5.10 Å². The van der Waals surface area contributed by atoms with Gasteiger partial charge in [0.25, 0.3) is 5.91 Å². The van der Waals surface area contributed by atoms with E-state index in [1.165, 1.54) is 0 Å². The number of benzene rings is 2. The van der Waals surface area contributed by atoms with E-state index in [-0.39, 0.29) is 44.8 Å². The summed E-state index contributed by atoms with van der Waals surface area (Å²) in [5.74, 6) is -7.62. The van der Waals surface area contributed by atoms with Crippen molar-refractivity contribution >= 4 is 11.9 Å². The van der Waals surface area contributed by atoms with Gasteiger partial charge in [-0.25, -0.2) is 10.1 Å². The van der Waals surface area contributed by atoms with E-state index in [1.807, 2.05) is 6.07 Å². The first-order valence-electron chi connectivity index (χ1n) is 14.5. The Kier molecular flexibility index (Phi) is 11.9. The zero-order valence-electron chi connectivity index (χ0n) is 25.4. The lowest BCUT2D eigenvalue weighted by Crippen LogP contribution is -2.38. The third kappa shape index (κ3) is 8.73. The number of nitrogens with one attached hydrogen (secondary N) is 2. The van der Waals surface area contributed by atoms with E-state index < -0.39 is 47.3 Å². The molecule has 0 aliphatic rings. The number of aryl methyl sites for hydroxylation is 1. The summed E-state index contributed by atoms with van der Waals surface area (Å²) in [5, 5.41) is 32.4. The molecule has 0 bridgehead atoms. The summed E-state index contributed by atoms with van der Waals surface area (Å²) < 4.78 is 76.3.